The summed E-state index contributed by atoms with van der Waals surface area (Å²) in [5.41, 5.74) is 0. The van der Waals surface area contributed by atoms with E-state index < -0.39 is 36.1 Å². The lowest BCUT2D eigenvalue weighted by atomic mass is 9.84. The van der Waals surface area contributed by atoms with E-state index in [1.165, 1.54) is 6.92 Å². The van der Waals surface area contributed by atoms with E-state index in [0.717, 1.165) is 0 Å². The molecule has 0 spiro atoms. The molecule has 2 rings (SSSR count). The molecule has 0 radical (unpaired) electrons. The molecule has 0 aromatic heterocycles. The number of ether oxygens (including phenoxy) is 3. The van der Waals surface area contributed by atoms with Gasteiger partial charge in [-0.3, -0.25) is 14.4 Å². The molecule has 2 fully saturated rings. The first-order valence-electron chi connectivity index (χ1n) is 9.21. The van der Waals surface area contributed by atoms with E-state index >= 15 is 0 Å². The Hall–Kier alpha value is -2.00. The van der Waals surface area contributed by atoms with Crippen molar-refractivity contribution in [1.82, 2.24) is 5.06 Å². The van der Waals surface area contributed by atoms with Crippen LogP contribution in [-0.4, -0.2) is 53.9 Å². The molecule has 0 saturated carbocycles. The maximum Gasteiger partial charge on any atom is 0.333 e. The highest BCUT2D eigenvalue weighted by atomic mass is 16.7. The minimum Gasteiger partial charge on any atom is -0.457 e. The fourth-order valence-electron chi connectivity index (χ4n) is 3.10. The number of nitrogens with zero attached hydrogens (tertiary/aromatic N) is 1. The number of carbonyl (C=O) groups is 4. The Morgan fingerprint density at radius 1 is 1.11 bits per heavy atom. The van der Waals surface area contributed by atoms with E-state index in [0.29, 0.717) is 11.5 Å². The minimum atomic E-state index is -0.715. The fourth-order valence-corrected chi connectivity index (χ4v) is 3.10. The molecule has 2 saturated heterocycles. The average molecular weight is 385 g/mol. The number of hydrogen-bond donors (Lipinski definition) is 0. The van der Waals surface area contributed by atoms with E-state index in [2.05, 4.69) is 0 Å². The number of hydrogen-bond acceptors (Lipinski definition) is 8. The molecule has 0 aliphatic carbocycles. The molecule has 0 N–H and O–H groups in total. The molecule has 5 atom stereocenters. The molecule has 2 aliphatic heterocycles. The highest BCUT2D eigenvalue weighted by molar-refractivity contribution is 6.01. The second-order valence-electron chi connectivity index (χ2n) is 7.02. The Morgan fingerprint density at radius 2 is 1.74 bits per heavy atom. The van der Waals surface area contributed by atoms with E-state index in [-0.39, 0.29) is 43.8 Å². The van der Waals surface area contributed by atoms with Crippen LogP contribution in [0, 0.1) is 11.8 Å². The van der Waals surface area contributed by atoms with E-state index in [4.69, 9.17) is 19.0 Å². The quantitative estimate of drug-likeness (QED) is 0.367. The van der Waals surface area contributed by atoms with Crippen molar-refractivity contribution in [2.75, 3.05) is 6.61 Å². The smallest absolute Gasteiger partial charge is 0.333 e. The van der Waals surface area contributed by atoms with Gasteiger partial charge in [0.05, 0.1) is 19.1 Å². The Bertz CT molecular complexity index is 576. The molecule has 2 aliphatic rings. The summed E-state index contributed by atoms with van der Waals surface area (Å²) in [6.45, 7) is 7.45. The Morgan fingerprint density at radius 3 is 2.33 bits per heavy atom. The number of rotatable bonds is 7. The van der Waals surface area contributed by atoms with Crippen LogP contribution in [-0.2, 0) is 38.2 Å². The van der Waals surface area contributed by atoms with E-state index in [9.17, 15) is 19.2 Å². The summed E-state index contributed by atoms with van der Waals surface area (Å²) in [7, 11) is 0. The molecule has 0 bridgehead atoms. The molecule has 9 heteroatoms. The maximum atomic E-state index is 11.8. The topological polar surface area (TPSA) is 108 Å². The van der Waals surface area contributed by atoms with Gasteiger partial charge < -0.3 is 19.0 Å². The predicted molar refractivity (Wildman–Crippen MR) is 90.6 cm³/mol. The van der Waals surface area contributed by atoms with Crippen molar-refractivity contribution in [3.63, 3.8) is 0 Å². The van der Waals surface area contributed by atoms with Gasteiger partial charge in [0.1, 0.15) is 0 Å². The van der Waals surface area contributed by atoms with Gasteiger partial charge in [0.25, 0.3) is 11.8 Å². The predicted octanol–water partition coefficient (Wildman–Crippen LogP) is 1.34. The number of esters is 1. The van der Waals surface area contributed by atoms with Gasteiger partial charge in [-0.2, -0.15) is 0 Å². The summed E-state index contributed by atoms with van der Waals surface area (Å²) in [5.74, 6) is -1.87. The molecule has 27 heavy (non-hydrogen) atoms. The van der Waals surface area contributed by atoms with Gasteiger partial charge in [-0.05, 0) is 19.3 Å². The van der Waals surface area contributed by atoms with Crippen molar-refractivity contribution in [1.29, 1.82) is 0 Å². The molecule has 2 heterocycles. The number of hydroxylamine groups is 2. The summed E-state index contributed by atoms with van der Waals surface area (Å²) in [6, 6.07) is 0. The maximum absolute atomic E-state index is 11.8. The summed E-state index contributed by atoms with van der Waals surface area (Å²) in [5, 5.41) is 0.523. The SMILES string of the molecule is CC(=O)O[C@@H]1C(OCCCC(=O)ON2C(=O)CCC2=O)O[C@@H](C)[C@H](C)C1C. The number of imide groups is 1. The first-order valence-corrected chi connectivity index (χ1v) is 9.21. The highest BCUT2D eigenvalue weighted by Gasteiger charge is 2.42. The van der Waals surface area contributed by atoms with Gasteiger partial charge in [-0.1, -0.05) is 13.8 Å². The Kier molecular flexibility index (Phi) is 7.32. The number of amides is 2. The van der Waals surface area contributed by atoms with Gasteiger partial charge in [0, 0.05) is 25.7 Å². The second-order valence-corrected chi connectivity index (χ2v) is 7.02. The van der Waals surface area contributed by atoms with E-state index in [1.54, 1.807) is 0 Å². The number of carbonyl (C=O) groups excluding carboxylic acids is 4. The summed E-state index contributed by atoms with van der Waals surface area (Å²) in [6.07, 6.45) is -0.910. The van der Waals surface area contributed by atoms with Crippen molar-refractivity contribution in [2.45, 2.75) is 71.9 Å². The first-order chi connectivity index (χ1) is 12.7. The second kappa shape index (κ2) is 9.27. The third kappa shape index (κ3) is 5.49. The van der Waals surface area contributed by atoms with Crippen LogP contribution in [0.3, 0.4) is 0 Å². The zero-order valence-corrected chi connectivity index (χ0v) is 16.1. The first kappa shape index (κ1) is 21.3. The van der Waals surface area contributed by atoms with Crippen molar-refractivity contribution in [3.8, 4) is 0 Å². The summed E-state index contributed by atoms with van der Waals surface area (Å²) < 4.78 is 16.9. The Balaban J connectivity index is 1.78. The van der Waals surface area contributed by atoms with Crippen molar-refractivity contribution < 1.29 is 38.2 Å². The zero-order valence-electron chi connectivity index (χ0n) is 16.1. The van der Waals surface area contributed by atoms with Crippen LogP contribution in [0.25, 0.3) is 0 Å². The molecule has 152 valence electrons. The Labute approximate surface area is 158 Å². The lowest BCUT2D eigenvalue weighted by Gasteiger charge is -2.42. The fraction of sp³-hybridized carbons (Fsp3) is 0.778. The molecule has 2 amide bonds. The van der Waals surface area contributed by atoms with Gasteiger partial charge in [0.15, 0.2) is 12.4 Å². The third-order valence-corrected chi connectivity index (χ3v) is 5.01. The monoisotopic (exact) mass is 385 g/mol. The van der Waals surface area contributed by atoms with Crippen molar-refractivity contribution in [2.24, 2.45) is 11.8 Å². The van der Waals surface area contributed by atoms with Crippen LogP contribution in [0.5, 0.6) is 0 Å². The van der Waals surface area contributed by atoms with Crippen molar-refractivity contribution in [3.05, 3.63) is 0 Å². The zero-order chi connectivity index (χ0) is 20.1. The normalized spacial score (nSPS) is 31.1. The summed E-state index contributed by atoms with van der Waals surface area (Å²) >= 11 is 0. The highest BCUT2D eigenvalue weighted by Crippen LogP contribution is 2.33. The molecule has 0 aromatic carbocycles. The third-order valence-electron chi connectivity index (χ3n) is 5.01. The lowest BCUT2D eigenvalue weighted by Crippen LogP contribution is -2.51. The van der Waals surface area contributed by atoms with Crippen LogP contribution in [0.15, 0.2) is 0 Å². The minimum absolute atomic E-state index is 0.0243. The van der Waals surface area contributed by atoms with Crippen LogP contribution < -0.4 is 0 Å². The average Bonchev–Trinajstić information content (AvgIpc) is 2.91. The lowest BCUT2D eigenvalue weighted by molar-refractivity contribution is -0.271. The molecule has 0 aromatic rings. The van der Waals surface area contributed by atoms with Crippen LogP contribution in [0.1, 0.15) is 53.4 Å². The molecule has 2 unspecified atom stereocenters. The molecular formula is C18H27NO8. The van der Waals surface area contributed by atoms with Gasteiger partial charge in [0.2, 0.25) is 0 Å². The standard InChI is InChI=1S/C18H27NO8/c1-10-11(2)17(26-13(4)20)18(25-12(10)3)24-9-5-6-16(23)27-19-14(21)7-8-15(19)22/h10-12,17-18H,5-9H2,1-4H3/t10-,11?,12+,17+,18?/m1/s1. The van der Waals surface area contributed by atoms with E-state index in [1.807, 2.05) is 20.8 Å². The van der Waals surface area contributed by atoms with Crippen LogP contribution in [0.2, 0.25) is 0 Å². The van der Waals surface area contributed by atoms with Gasteiger partial charge >= 0.3 is 11.9 Å². The molecular weight excluding hydrogens is 358 g/mol. The molecule has 9 nitrogen and oxygen atoms in total. The van der Waals surface area contributed by atoms with Crippen LogP contribution in [0.4, 0.5) is 0 Å². The summed E-state index contributed by atoms with van der Waals surface area (Å²) in [4.78, 5) is 50.8. The van der Waals surface area contributed by atoms with Gasteiger partial charge in [-0.25, -0.2) is 4.79 Å². The van der Waals surface area contributed by atoms with Crippen molar-refractivity contribution >= 4 is 23.8 Å². The van der Waals surface area contributed by atoms with Crippen LogP contribution >= 0.6 is 0 Å². The largest absolute Gasteiger partial charge is 0.457 e. The van der Waals surface area contributed by atoms with Gasteiger partial charge in [-0.15, -0.1) is 5.06 Å².